The van der Waals surface area contributed by atoms with Gasteiger partial charge < -0.3 is 9.26 Å². The topological polar surface area (TPSA) is 64.4 Å². The number of nitrogens with zero attached hydrogens (tertiary/aromatic N) is 1. The van der Waals surface area contributed by atoms with Crippen molar-refractivity contribution in [2.45, 2.75) is 39.7 Å². The second kappa shape index (κ2) is 7.41. The van der Waals surface area contributed by atoms with E-state index in [0.29, 0.717) is 33.8 Å². The van der Waals surface area contributed by atoms with Gasteiger partial charge in [-0.1, -0.05) is 36.7 Å². The Hall–Kier alpha value is -2.05. The molecule has 1 aliphatic rings. The summed E-state index contributed by atoms with van der Waals surface area (Å²) in [4.78, 5) is 0. The number of fused-ring (bicyclic) bond motifs is 2. The van der Waals surface area contributed by atoms with Gasteiger partial charge in [0.1, 0.15) is 23.3 Å². The molecule has 3 aromatic rings. The maximum Gasteiger partial charge on any atom is 0.189 e. The highest BCUT2D eigenvalue weighted by Crippen LogP contribution is 2.36. The molecule has 0 saturated carbocycles. The van der Waals surface area contributed by atoms with E-state index in [1.54, 1.807) is 6.07 Å². The molecule has 28 heavy (non-hydrogen) atoms. The molecule has 148 valence electrons. The first-order chi connectivity index (χ1) is 13.3. The van der Waals surface area contributed by atoms with Crippen LogP contribution in [0.5, 0.6) is 5.75 Å². The van der Waals surface area contributed by atoms with Gasteiger partial charge in [0.05, 0.1) is 5.39 Å². The predicted octanol–water partition coefficient (Wildman–Crippen LogP) is 5.28. The van der Waals surface area contributed by atoms with Gasteiger partial charge in [-0.3, -0.25) is 4.72 Å². The summed E-state index contributed by atoms with van der Waals surface area (Å²) in [5, 5.41) is 5.17. The van der Waals surface area contributed by atoms with Crippen LogP contribution in [0.3, 0.4) is 0 Å². The van der Waals surface area contributed by atoms with E-state index in [0.717, 1.165) is 24.2 Å². The molecular formula is C21H23ClN2O3S. The van der Waals surface area contributed by atoms with Crippen LogP contribution in [0.1, 0.15) is 37.0 Å². The van der Waals surface area contributed by atoms with Gasteiger partial charge in [-0.2, -0.15) is 0 Å². The third-order valence-corrected chi connectivity index (χ3v) is 6.02. The van der Waals surface area contributed by atoms with Gasteiger partial charge in [-0.05, 0) is 60.1 Å². The highest BCUT2D eigenvalue weighted by molar-refractivity contribution is 7.85. The van der Waals surface area contributed by atoms with Crippen LogP contribution in [-0.2, 0) is 30.4 Å². The Morgan fingerprint density at radius 3 is 2.89 bits per heavy atom. The van der Waals surface area contributed by atoms with E-state index in [4.69, 9.17) is 20.9 Å². The van der Waals surface area contributed by atoms with E-state index < -0.39 is 11.0 Å². The second-order valence-corrected chi connectivity index (χ2v) is 9.61. The second-order valence-electron chi connectivity index (χ2n) is 8.09. The Balaban J connectivity index is 1.53. The molecule has 1 aromatic heterocycles. The zero-order valence-corrected chi connectivity index (χ0v) is 17.7. The highest BCUT2D eigenvalue weighted by Gasteiger charge is 2.25. The first kappa shape index (κ1) is 19.3. The number of ether oxygens (including phenoxy) is 1. The van der Waals surface area contributed by atoms with Crippen molar-refractivity contribution >= 4 is 39.4 Å². The number of aryl methyl sites for hydroxylation is 1. The zero-order valence-electron chi connectivity index (χ0n) is 16.2. The molecule has 7 heteroatoms. The Bertz CT molecular complexity index is 1060. The van der Waals surface area contributed by atoms with Crippen LogP contribution in [0.2, 0.25) is 5.02 Å². The van der Waals surface area contributed by atoms with Crippen LogP contribution < -0.4 is 9.46 Å². The minimum absolute atomic E-state index is 0.333. The Morgan fingerprint density at radius 2 is 2.11 bits per heavy atom. The fraction of sp³-hybridized carbons (Fsp3) is 0.381. The van der Waals surface area contributed by atoms with Crippen molar-refractivity contribution in [2.75, 3.05) is 11.0 Å². The number of benzene rings is 2. The molecule has 2 aromatic carbocycles. The van der Waals surface area contributed by atoms with Gasteiger partial charge in [-0.25, -0.2) is 4.21 Å². The number of anilines is 1. The number of rotatable bonds is 5. The van der Waals surface area contributed by atoms with Gasteiger partial charge >= 0.3 is 0 Å². The Morgan fingerprint density at radius 1 is 1.29 bits per heavy atom. The molecule has 4 rings (SSSR count). The minimum atomic E-state index is -1.24. The van der Waals surface area contributed by atoms with Gasteiger partial charge in [0, 0.05) is 16.8 Å². The molecule has 0 amide bonds. The van der Waals surface area contributed by atoms with Crippen LogP contribution in [0.25, 0.3) is 11.0 Å². The van der Waals surface area contributed by atoms with E-state index in [1.807, 2.05) is 12.1 Å². The zero-order chi connectivity index (χ0) is 19.9. The summed E-state index contributed by atoms with van der Waals surface area (Å²) < 4.78 is 25.5. The molecule has 0 radical (unpaired) electrons. The van der Waals surface area contributed by atoms with Gasteiger partial charge in [0.25, 0.3) is 0 Å². The van der Waals surface area contributed by atoms with Crippen molar-refractivity contribution in [1.29, 1.82) is 0 Å². The molecule has 1 unspecified atom stereocenters. The summed E-state index contributed by atoms with van der Waals surface area (Å²) in [6, 6.07) is 9.92. The molecule has 0 saturated heterocycles. The molecule has 1 heterocycles. The molecule has 1 aliphatic carbocycles. The molecule has 0 bridgehead atoms. The number of hydrogen-bond donors (Lipinski definition) is 1. The lowest BCUT2D eigenvalue weighted by atomic mass is 9.74. The van der Waals surface area contributed by atoms with Crippen LogP contribution in [-0.4, -0.2) is 15.6 Å². The summed E-state index contributed by atoms with van der Waals surface area (Å²) in [6.45, 7) is 4.96. The van der Waals surface area contributed by atoms with Crippen molar-refractivity contribution in [3.05, 3.63) is 52.0 Å². The van der Waals surface area contributed by atoms with Gasteiger partial charge in [0.15, 0.2) is 11.4 Å². The minimum Gasteiger partial charge on any atom is -0.489 e. The molecule has 0 fully saturated rings. The van der Waals surface area contributed by atoms with Crippen LogP contribution >= 0.6 is 11.6 Å². The standard InChI is InChI=1S/C21H23ClN2O3S/c1-21(2)7-6-13-4-5-16(8-14(13)11-21)26-12-15-9-19-17(10-18(15)22)20(23-27-19)24-28(3)25/h4-5,8-10H,6-7,11-12H2,1-3H3,(H,23,24). The lowest BCUT2D eigenvalue weighted by Crippen LogP contribution is -2.22. The van der Waals surface area contributed by atoms with E-state index >= 15 is 0 Å². The molecular weight excluding hydrogens is 396 g/mol. The molecule has 1 N–H and O–H groups in total. The summed E-state index contributed by atoms with van der Waals surface area (Å²) in [6.07, 6.45) is 4.94. The molecule has 5 nitrogen and oxygen atoms in total. The number of aromatic nitrogens is 1. The largest absolute Gasteiger partial charge is 0.489 e. The lowest BCUT2D eigenvalue weighted by molar-refractivity contribution is 0.298. The number of hydrogen-bond acceptors (Lipinski definition) is 4. The van der Waals surface area contributed by atoms with Crippen molar-refractivity contribution in [3.63, 3.8) is 0 Å². The van der Waals surface area contributed by atoms with Crippen molar-refractivity contribution < 1.29 is 13.5 Å². The van der Waals surface area contributed by atoms with Crippen molar-refractivity contribution in [1.82, 2.24) is 5.16 Å². The lowest BCUT2D eigenvalue weighted by Gasteiger charge is -2.31. The SMILES string of the molecule is CS(=O)Nc1noc2cc(COc3ccc4c(c3)CC(C)(C)CC4)c(Cl)cc12. The Kier molecular flexibility index (Phi) is 5.10. The monoisotopic (exact) mass is 418 g/mol. The number of halogens is 1. The van der Waals surface area contributed by atoms with E-state index in [2.05, 4.69) is 35.9 Å². The Labute approximate surface area is 172 Å². The first-order valence-electron chi connectivity index (χ1n) is 9.23. The average Bonchev–Trinajstić information content (AvgIpc) is 2.99. The third kappa shape index (κ3) is 4.03. The van der Waals surface area contributed by atoms with E-state index in [-0.39, 0.29) is 0 Å². The van der Waals surface area contributed by atoms with Gasteiger partial charge in [-0.15, -0.1) is 0 Å². The first-order valence-corrected chi connectivity index (χ1v) is 11.2. The maximum atomic E-state index is 11.4. The smallest absolute Gasteiger partial charge is 0.189 e. The predicted molar refractivity (Wildman–Crippen MR) is 113 cm³/mol. The summed E-state index contributed by atoms with van der Waals surface area (Å²) >= 11 is 6.43. The van der Waals surface area contributed by atoms with E-state index in [1.165, 1.54) is 23.8 Å². The third-order valence-electron chi connectivity index (χ3n) is 5.19. The molecule has 0 aliphatic heterocycles. The van der Waals surface area contributed by atoms with Crippen LogP contribution in [0, 0.1) is 5.41 Å². The van der Waals surface area contributed by atoms with Crippen LogP contribution in [0.4, 0.5) is 5.82 Å². The van der Waals surface area contributed by atoms with Crippen molar-refractivity contribution in [2.24, 2.45) is 5.41 Å². The fourth-order valence-corrected chi connectivity index (χ4v) is 4.30. The normalized spacial score (nSPS) is 16.6. The molecule has 1 atom stereocenters. The molecule has 0 spiro atoms. The highest BCUT2D eigenvalue weighted by atomic mass is 35.5. The van der Waals surface area contributed by atoms with E-state index in [9.17, 15) is 4.21 Å². The van der Waals surface area contributed by atoms with Crippen molar-refractivity contribution in [3.8, 4) is 5.75 Å². The van der Waals surface area contributed by atoms with Gasteiger partial charge in [0.2, 0.25) is 0 Å². The summed E-state index contributed by atoms with van der Waals surface area (Å²) in [5.74, 6) is 1.26. The summed E-state index contributed by atoms with van der Waals surface area (Å²) in [7, 11) is -1.24. The fourth-order valence-electron chi connectivity index (χ4n) is 3.66. The number of nitrogens with one attached hydrogen (secondary N) is 1. The average molecular weight is 419 g/mol. The van der Waals surface area contributed by atoms with Crippen LogP contribution in [0.15, 0.2) is 34.9 Å². The summed E-state index contributed by atoms with van der Waals surface area (Å²) in [5.41, 5.74) is 4.51. The quantitative estimate of drug-likeness (QED) is 0.612. The maximum absolute atomic E-state index is 11.4.